The van der Waals surface area contributed by atoms with Gasteiger partial charge in [-0.1, -0.05) is 6.92 Å². The largest absolute Gasteiger partial charge is 0.356 e. The Balaban J connectivity index is 0.00000220. The van der Waals surface area contributed by atoms with Gasteiger partial charge in [0.25, 0.3) is 0 Å². The Labute approximate surface area is 151 Å². The minimum atomic E-state index is 0. The fourth-order valence-corrected chi connectivity index (χ4v) is 3.30. The lowest BCUT2D eigenvalue weighted by Crippen LogP contribution is -2.38. The molecule has 0 aliphatic carbocycles. The average molecular weight is 436 g/mol. The van der Waals surface area contributed by atoms with E-state index in [1.54, 1.807) is 29.7 Å². The molecular weight excluding hydrogens is 415 g/mol. The third-order valence-electron chi connectivity index (χ3n) is 3.17. The standard InChI is InChI=1S/C14H20N4S2.HI/c1-10(12-4-5-19-8-12)6-16-14(15-3)17-7-13-11(2)18-9-20-13;/h4-5,8-10H,6-7H2,1-3H3,(H2,15,16,17);1H. The van der Waals surface area contributed by atoms with E-state index in [1.165, 1.54) is 10.4 Å². The number of thiazole rings is 1. The van der Waals surface area contributed by atoms with Gasteiger partial charge >= 0.3 is 0 Å². The van der Waals surface area contributed by atoms with Crippen LogP contribution in [0, 0.1) is 6.92 Å². The fourth-order valence-electron chi connectivity index (χ4n) is 1.80. The quantitative estimate of drug-likeness (QED) is 0.428. The SMILES string of the molecule is CN=C(NCc1scnc1C)NCC(C)c1ccsc1.I. The van der Waals surface area contributed by atoms with Gasteiger partial charge in [0.1, 0.15) is 0 Å². The molecule has 2 aromatic rings. The number of nitrogens with zero attached hydrogens (tertiary/aromatic N) is 2. The van der Waals surface area contributed by atoms with Crippen molar-refractivity contribution in [2.75, 3.05) is 13.6 Å². The van der Waals surface area contributed by atoms with Gasteiger partial charge in [0.15, 0.2) is 5.96 Å². The van der Waals surface area contributed by atoms with Crippen LogP contribution in [0.3, 0.4) is 0 Å². The summed E-state index contributed by atoms with van der Waals surface area (Å²) in [4.78, 5) is 9.75. The van der Waals surface area contributed by atoms with Gasteiger partial charge in [0, 0.05) is 18.5 Å². The zero-order chi connectivity index (χ0) is 14.4. The molecule has 0 aliphatic heterocycles. The van der Waals surface area contributed by atoms with Crippen LogP contribution >= 0.6 is 46.7 Å². The van der Waals surface area contributed by atoms with E-state index in [1.807, 2.05) is 12.4 Å². The highest BCUT2D eigenvalue weighted by molar-refractivity contribution is 14.0. The van der Waals surface area contributed by atoms with E-state index in [0.717, 1.165) is 24.7 Å². The van der Waals surface area contributed by atoms with Gasteiger partial charge in [0.05, 0.1) is 17.7 Å². The Morgan fingerprint density at radius 3 is 2.81 bits per heavy atom. The van der Waals surface area contributed by atoms with Gasteiger partial charge in [-0.3, -0.25) is 4.99 Å². The third-order valence-corrected chi connectivity index (χ3v) is 4.81. The van der Waals surface area contributed by atoms with Crippen molar-refractivity contribution in [2.45, 2.75) is 26.3 Å². The highest BCUT2D eigenvalue weighted by atomic mass is 127. The van der Waals surface area contributed by atoms with Crippen molar-refractivity contribution in [2.24, 2.45) is 4.99 Å². The lowest BCUT2D eigenvalue weighted by Gasteiger charge is -2.15. The number of aryl methyl sites for hydroxylation is 1. The first-order chi connectivity index (χ1) is 9.70. The van der Waals surface area contributed by atoms with Crippen molar-refractivity contribution in [1.29, 1.82) is 0 Å². The van der Waals surface area contributed by atoms with Crippen LogP contribution in [0.15, 0.2) is 27.3 Å². The van der Waals surface area contributed by atoms with Crippen LogP contribution in [-0.4, -0.2) is 24.5 Å². The molecule has 0 aromatic carbocycles. The van der Waals surface area contributed by atoms with E-state index in [0.29, 0.717) is 5.92 Å². The van der Waals surface area contributed by atoms with E-state index >= 15 is 0 Å². The van der Waals surface area contributed by atoms with E-state index in [2.05, 4.69) is 44.4 Å². The van der Waals surface area contributed by atoms with Crippen LogP contribution in [0.1, 0.15) is 29.0 Å². The molecule has 1 atom stereocenters. The molecule has 2 N–H and O–H groups in total. The molecule has 0 aliphatic rings. The molecule has 7 heteroatoms. The van der Waals surface area contributed by atoms with Gasteiger partial charge < -0.3 is 10.6 Å². The van der Waals surface area contributed by atoms with Crippen molar-refractivity contribution >= 4 is 52.6 Å². The second kappa shape index (κ2) is 9.37. The molecule has 1 unspecified atom stereocenters. The zero-order valence-electron chi connectivity index (χ0n) is 12.4. The highest BCUT2D eigenvalue weighted by Gasteiger charge is 2.07. The van der Waals surface area contributed by atoms with Gasteiger partial charge in [-0.05, 0) is 35.2 Å². The van der Waals surface area contributed by atoms with Crippen molar-refractivity contribution in [1.82, 2.24) is 15.6 Å². The van der Waals surface area contributed by atoms with E-state index in [-0.39, 0.29) is 24.0 Å². The number of halogens is 1. The Morgan fingerprint density at radius 1 is 1.43 bits per heavy atom. The molecule has 0 saturated heterocycles. The summed E-state index contributed by atoms with van der Waals surface area (Å²) in [7, 11) is 1.80. The summed E-state index contributed by atoms with van der Waals surface area (Å²) in [6.45, 7) is 5.89. The minimum absolute atomic E-state index is 0. The summed E-state index contributed by atoms with van der Waals surface area (Å²) in [5, 5.41) is 11.0. The molecule has 0 radical (unpaired) electrons. The number of guanidine groups is 1. The van der Waals surface area contributed by atoms with Crippen LogP contribution in [0.4, 0.5) is 0 Å². The number of aliphatic imine (C=N–C) groups is 1. The maximum Gasteiger partial charge on any atom is 0.191 e. The van der Waals surface area contributed by atoms with Crippen LogP contribution in [0.2, 0.25) is 0 Å². The normalized spacial score (nSPS) is 12.6. The van der Waals surface area contributed by atoms with Crippen LogP contribution in [-0.2, 0) is 6.54 Å². The van der Waals surface area contributed by atoms with Crippen LogP contribution in [0.5, 0.6) is 0 Å². The predicted octanol–water partition coefficient (Wildman–Crippen LogP) is 3.60. The molecule has 0 spiro atoms. The summed E-state index contributed by atoms with van der Waals surface area (Å²) in [6.07, 6.45) is 0. The molecular formula is C14H21IN4S2. The number of nitrogens with one attached hydrogen (secondary N) is 2. The number of thiophene rings is 1. The van der Waals surface area contributed by atoms with E-state index < -0.39 is 0 Å². The Hall–Kier alpha value is -0.670. The van der Waals surface area contributed by atoms with E-state index in [9.17, 15) is 0 Å². The Morgan fingerprint density at radius 2 is 2.24 bits per heavy atom. The van der Waals surface area contributed by atoms with Gasteiger partial charge in [-0.2, -0.15) is 11.3 Å². The number of hydrogen-bond acceptors (Lipinski definition) is 4. The Bertz CT molecular complexity index is 551. The third kappa shape index (κ3) is 5.55. The predicted molar refractivity (Wildman–Crippen MR) is 103 cm³/mol. The smallest absolute Gasteiger partial charge is 0.191 e. The topological polar surface area (TPSA) is 49.3 Å². The molecule has 0 fully saturated rings. The molecule has 4 nitrogen and oxygen atoms in total. The molecule has 21 heavy (non-hydrogen) atoms. The summed E-state index contributed by atoms with van der Waals surface area (Å²) < 4.78 is 0. The second-order valence-corrected chi connectivity index (χ2v) is 6.34. The molecule has 2 rings (SSSR count). The van der Waals surface area contributed by atoms with Gasteiger partial charge in [-0.15, -0.1) is 35.3 Å². The molecule has 0 saturated carbocycles. The fraction of sp³-hybridized carbons (Fsp3) is 0.429. The molecule has 116 valence electrons. The summed E-state index contributed by atoms with van der Waals surface area (Å²) in [6, 6.07) is 2.17. The Kier molecular flexibility index (Phi) is 8.20. The maximum absolute atomic E-state index is 4.25. The summed E-state index contributed by atoms with van der Waals surface area (Å²) in [5.74, 6) is 1.31. The molecule has 0 amide bonds. The minimum Gasteiger partial charge on any atom is -0.356 e. The summed E-state index contributed by atoms with van der Waals surface area (Å²) >= 11 is 3.41. The average Bonchev–Trinajstić information content (AvgIpc) is 3.10. The molecule has 0 bridgehead atoms. The number of rotatable bonds is 5. The highest BCUT2D eigenvalue weighted by Crippen LogP contribution is 2.17. The molecule has 2 aromatic heterocycles. The summed E-state index contributed by atoms with van der Waals surface area (Å²) in [5.41, 5.74) is 4.34. The first-order valence-corrected chi connectivity index (χ1v) is 8.38. The second-order valence-electron chi connectivity index (χ2n) is 4.63. The first kappa shape index (κ1) is 18.4. The van der Waals surface area contributed by atoms with Crippen molar-refractivity contribution in [3.8, 4) is 0 Å². The van der Waals surface area contributed by atoms with Gasteiger partial charge in [-0.25, -0.2) is 4.98 Å². The van der Waals surface area contributed by atoms with Crippen molar-refractivity contribution in [3.05, 3.63) is 38.5 Å². The van der Waals surface area contributed by atoms with Crippen LogP contribution < -0.4 is 10.6 Å². The van der Waals surface area contributed by atoms with Crippen molar-refractivity contribution in [3.63, 3.8) is 0 Å². The van der Waals surface area contributed by atoms with Crippen LogP contribution in [0.25, 0.3) is 0 Å². The monoisotopic (exact) mass is 436 g/mol. The lowest BCUT2D eigenvalue weighted by molar-refractivity contribution is 0.701. The van der Waals surface area contributed by atoms with E-state index in [4.69, 9.17) is 0 Å². The maximum atomic E-state index is 4.25. The van der Waals surface area contributed by atoms with Crippen molar-refractivity contribution < 1.29 is 0 Å². The molecule has 2 heterocycles. The first-order valence-electron chi connectivity index (χ1n) is 6.56. The zero-order valence-corrected chi connectivity index (χ0v) is 16.4. The number of aromatic nitrogens is 1. The van der Waals surface area contributed by atoms with Gasteiger partial charge in [0.2, 0.25) is 0 Å². The lowest BCUT2D eigenvalue weighted by atomic mass is 10.1. The number of hydrogen-bond donors (Lipinski definition) is 2.